The van der Waals surface area contributed by atoms with Gasteiger partial charge in [0.1, 0.15) is 0 Å². The summed E-state index contributed by atoms with van der Waals surface area (Å²) in [6, 6.07) is 3.76. The number of nitrogens with zero attached hydrogens (tertiary/aromatic N) is 2. The zero-order chi connectivity index (χ0) is 15.0. The van der Waals surface area contributed by atoms with Crippen LogP contribution in [-0.2, 0) is 4.74 Å². The number of aryl methyl sites for hydroxylation is 2. The summed E-state index contributed by atoms with van der Waals surface area (Å²) in [4.78, 5) is 18.8. The van der Waals surface area contributed by atoms with Crippen LogP contribution in [0.2, 0.25) is 0 Å². The van der Waals surface area contributed by atoms with Crippen molar-refractivity contribution in [3.05, 3.63) is 29.1 Å². The topological polar surface area (TPSA) is 42.4 Å². The Kier molecular flexibility index (Phi) is 3.97. The SMILES string of the molecule is CCO[C@H]1CSC2(C1)CN(C(=O)c1cc(C)nc(C)c1)C2. The van der Waals surface area contributed by atoms with Gasteiger partial charge < -0.3 is 9.64 Å². The monoisotopic (exact) mass is 306 g/mol. The fourth-order valence-corrected chi connectivity index (χ4v) is 4.85. The molecule has 2 saturated heterocycles. The van der Waals surface area contributed by atoms with Crippen LogP contribution in [0.4, 0.5) is 0 Å². The summed E-state index contributed by atoms with van der Waals surface area (Å²) in [7, 11) is 0. The molecule has 0 aliphatic carbocycles. The maximum absolute atomic E-state index is 12.5. The highest BCUT2D eigenvalue weighted by molar-refractivity contribution is 8.01. The molecule has 3 heterocycles. The molecule has 0 saturated carbocycles. The van der Waals surface area contributed by atoms with E-state index < -0.39 is 0 Å². The predicted molar refractivity (Wildman–Crippen MR) is 84.8 cm³/mol. The standard InChI is InChI=1S/C16H22N2O2S/c1-4-20-14-7-16(21-8-14)9-18(10-16)15(19)13-5-11(2)17-12(3)6-13/h5-6,14H,4,7-10H2,1-3H3/t14-/m1/s1. The summed E-state index contributed by atoms with van der Waals surface area (Å²) in [5.74, 6) is 1.19. The molecule has 0 unspecified atom stereocenters. The fourth-order valence-electron chi connectivity index (χ4n) is 3.30. The van der Waals surface area contributed by atoms with Crippen LogP contribution < -0.4 is 0 Å². The summed E-state index contributed by atoms with van der Waals surface area (Å²) in [6.45, 7) is 8.38. The van der Waals surface area contributed by atoms with Crippen LogP contribution >= 0.6 is 11.8 Å². The van der Waals surface area contributed by atoms with Gasteiger partial charge in [-0.3, -0.25) is 9.78 Å². The lowest BCUT2D eigenvalue weighted by Gasteiger charge is -2.47. The summed E-state index contributed by atoms with van der Waals surface area (Å²) in [5, 5.41) is 0. The molecule has 0 radical (unpaired) electrons. The third kappa shape index (κ3) is 2.94. The van der Waals surface area contributed by atoms with Crippen molar-refractivity contribution in [3.63, 3.8) is 0 Å². The maximum Gasteiger partial charge on any atom is 0.254 e. The lowest BCUT2D eigenvalue weighted by molar-refractivity contribution is 0.0359. The van der Waals surface area contributed by atoms with Gasteiger partial charge in [0.15, 0.2) is 0 Å². The van der Waals surface area contributed by atoms with Crippen molar-refractivity contribution in [2.45, 2.75) is 38.0 Å². The Morgan fingerprint density at radius 1 is 1.43 bits per heavy atom. The van der Waals surface area contributed by atoms with Crippen molar-refractivity contribution in [1.29, 1.82) is 0 Å². The zero-order valence-electron chi connectivity index (χ0n) is 12.9. The molecular formula is C16H22N2O2S. The van der Waals surface area contributed by atoms with Crippen molar-refractivity contribution < 1.29 is 9.53 Å². The van der Waals surface area contributed by atoms with E-state index in [0.717, 1.165) is 48.8 Å². The van der Waals surface area contributed by atoms with Crippen molar-refractivity contribution in [2.75, 3.05) is 25.4 Å². The van der Waals surface area contributed by atoms with E-state index in [9.17, 15) is 4.79 Å². The number of amides is 1. The molecule has 1 atom stereocenters. The third-order valence-corrected chi connectivity index (χ3v) is 5.73. The summed E-state index contributed by atoms with van der Waals surface area (Å²) in [5.41, 5.74) is 2.57. The van der Waals surface area contributed by atoms with E-state index in [1.165, 1.54) is 0 Å². The van der Waals surface area contributed by atoms with E-state index in [4.69, 9.17) is 4.74 Å². The predicted octanol–water partition coefficient (Wildman–Crippen LogP) is 2.44. The Morgan fingerprint density at radius 3 is 2.71 bits per heavy atom. The van der Waals surface area contributed by atoms with Crippen molar-refractivity contribution in [3.8, 4) is 0 Å². The first kappa shape index (κ1) is 14.9. The minimum absolute atomic E-state index is 0.134. The van der Waals surface area contributed by atoms with E-state index in [0.29, 0.717) is 6.10 Å². The van der Waals surface area contributed by atoms with Crippen LogP contribution in [0.1, 0.15) is 35.1 Å². The molecule has 0 bridgehead atoms. The molecule has 4 nitrogen and oxygen atoms in total. The number of rotatable bonds is 3. The lowest BCUT2D eigenvalue weighted by atomic mass is 9.92. The van der Waals surface area contributed by atoms with Gasteiger partial charge in [-0.1, -0.05) is 0 Å². The largest absolute Gasteiger partial charge is 0.378 e. The highest BCUT2D eigenvalue weighted by atomic mass is 32.2. The van der Waals surface area contributed by atoms with E-state index in [2.05, 4.69) is 4.98 Å². The van der Waals surface area contributed by atoms with Gasteiger partial charge in [-0.2, -0.15) is 0 Å². The number of carbonyl (C=O) groups excluding carboxylic acids is 1. The van der Waals surface area contributed by atoms with Gasteiger partial charge in [0.05, 0.1) is 10.9 Å². The second-order valence-corrected chi connectivity index (χ2v) is 7.56. The molecule has 3 rings (SSSR count). The minimum atomic E-state index is 0.134. The minimum Gasteiger partial charge on any atom is -0.378 e. The van der Waals surface area contributed by atoms with E-state index in [1.807, 2.05) is 49.6 Å². The number of pyridine rings is 1. The summed E-state index contributed by atoms with van der Waals surface area (Å²) < 4.78 is 5.96. The molecule has 114 valence electrons. The first-order valence-electron chi connectivity index (χ1n) is 7.51. The summed E-state index contributed by atoms with van der Waals surface area (Å²) >= 11 is 1.97. The number of carbonyl (C=O) groups is 1. The van der Waals surface area contributed by atoms with Gasteiger partial charge >= 0.3 is 0 Å². The highest BCUT2D eigenvalue weighted by Crippen LogP contribution is 2.46. The van der Waals surface area contributed by atoms with Gasteiger partial charge in [0.2, 0.25) is 0 Å². The maximum atomic E-state index is 12.5. The molecule has 2 aliphatic heterocycles. The number of likely N-dealkylation sites (tertiary alicyclic amines) is 1. The number of hydrogen-bond donors (Lipinski definition) is 0. The first-order valence-corrected chi connectivity index (χ1v) is 8.50. The molecule has 2 fully saturated rings. The number of thioether (sulfide) groups is 1. The van der Waals surface area contributed by atoms with E-state index in [1.54, 1.807) is 0 Å². The molecule has 1 aromatic rings. The lowest BCUT2D eigenvalue weighted by Crippen LogP contribution is -2.60. The number of ether oxygens (including phenoxy) is 1. The molecule has 5 heteroatoms. The van der Waals surface area contributed by atoms with Crippen molar-refractivity contribution in [2.24, 2.45) is 0 Å². The Hall–Kier alpha value is -1.07. The highest BCUT2D eigenvalue weighted by Gasteiger charge is 2.50. The van der Waals surface area contributed by atoms with Crippen LogP contribution in [0.3, 0.4) is 0 Å². The van der Waals surface area contributed by atoms with Gasteiger partial charge in [-0.25, -0.2) is 0 Å². The molecule has 0 N–H and O–H groups in total. The van der Waals surface area contributed by atoms with Gasteiger partial charge in [0, 0.05) is 42.4 Å². The average Bonchev–Trinajstić information content (AvgIpc) is 2.80. The molecule has 1 spiro atoms. The molecule has 2 aliphatic rings. The Morgan fingerprint density at radius 2 is 2.10 bits per heavy atom. The van der Waals surface area contributed by atoms with Crippen molar-refractivity contribution in [1.82, 2.24) is 9.88 Å². The van der Waals surface area contributed by atoms with Crippen LogP contribution in [-0.4, -0.2) is 52.1 Å². The molecule has 1 amide bonds. The van der Waals surface area contributed by atoms with E-state index >= 15 is 0 Å². The third-order valence-electron chi connectivity index (χ3n) is 4.15. The Bertz CT molecular complexity index is 535. The molecule has 21 heavy (non-hydrogen) atoms. The van der Waals surface area contributed by atoms with Crippen LogP contribution in [0.15, 0.2) is 12.1 Å². The first-order chi connectivity index (χ1) is 10.0. The van der Waals surface area contributed by atoms with Gasteiger partial charge in [0.25, 0.3) is 5.91 Å². The number of hydrogen-bond acceptors (Lipinski definition) is 4. The molecular weight excluding hydrogens is 284 g/mol. The second kappa shape index (κ2) is 5.61. The van der Waals surface area contributed by atoms with Crippen molar-refractivity contribution >= 4 is 17.7 Å². The molecule has 1 aromatic heterocycles. The quantitative estimate of drug-likeness (QED) is 0.860. The van der Waals surface area contributed by atoms with Gasteiger partial charge in [-0.15, -0.1) is 11.8 Å². The summed E-state index contributed by atoms with van der Waals surface area (Å²) in [6.07, 6.45) is 1.44. The Balaban J connectivity index is 1.62. The second-order valence-electron chi connectivity index (χ2n) is 6.08. The average molecular weight is 306 g/mol. The Labute approximate surface area is 130 Å². The normalized spacial score (nSPS) is 23.4. The van der Waals surface area contributed by atoms with Crippen LogP contribution in [0.25, 0.3) is 0 Å². The van der Waals surface area contributed by atoms with Crippen LogP contribution in [0, 0.1) is 13.8 Å². The van der Waals surface area contributed by atoms with Crippen LogP contribution in [0.5, 0.6) is 0 Å². The smallest absolute Gasteiger partial charge is 0.254 e. The van der Waals surface area contributed by atoms with Gasteiger partial charge in [-0.05, 0) is 39.3 Å². The van der Waals surface area contributed by atoms with E-state index in [-0.39, 0.29) is 10.7 Å². The fraction of sp³-hybridized carbons (Fsp3) is 0.625. The zero-order valence-corrected chi connectivity index (χ0v) is 13.7. The molecule has 0 aromatic carbocycles. The number of aromatic nitrogens is 1.